The van der Waals surface area contributed by atoms with Crippen LogP contribution in [0.25, 0.3) is 16.7 Å². The monoisotopic (exact) mass is 467 g/mol. The van der Waals surface area contributed by atoms with Crippen LogP contribution in [0.15, 0.2) is 64.7 Å². The van der Waals surface area contributed by atoms with Gasteiger partial charge in [-0.3, -0.25) is 9.59 Å². The smallest absolute Gasteiger partial charge is 0.262 e. The second-order valence-corrected chi connectivity index (χ2v) is 8.72. The Morgan fingerprint density at radius 2 is 2.03 bits per heavy atom. The number of hydrogen-bond acceptors (Lipinski definition) is 5. The van der Waals surface area contributed by atoms with Gasteiger partial charge < -0.3 is 10.3 Å². The van der Waals surface area contributed by atoms with E-state index >= 15 is 0 Å². The molecule has 0 radical (unpaired) electrons. The molecular weight excluding hydrogens is 446 g/mol. The Labute approximate surface area is 194 Å². The summed E-state index contributed by atoms with van der Waals surface area (Å²) in [4.78, 5) is 32.2. The topological polar surface area (TPSA) is 92.7 Å². The van der Waals surface area contributed by atoms with E-state index in [1.165, 1.54) is 23.5 Å². The molecule has 0 aliphatic heterocycles. The SMILES string of the molecule is CCc1ccc(C(C)NC(=O)CSc2nc3c(cnn3-c3cccc(Cl)c3)c(=O)[nH]2)cc1. The number of aromatic amines is 1. The number of amides is 1. The number of hydrogen-bond donors (Lipinski definition) is 2. The number of aromatic nitrogens is 4. The molecule has 1 amide bonds. The van der Waals surface area contributed by atoms with Gasteiger partial charge in [0.1, 0.15) is 5.39 Å². The summed E-state index contributed by atoms with van der Waals surface area (Å²) in [6.45, 7) is 4.05. The molecule has 2 aromatic heterocycles. The third kappa shape index (κ3) is 4.87. The summed E-state index contributed by atoms with van der Waals surface area (Å²) in [6, 6.07) is 15.2. The molecule has 0 aliphatic carbocycles. The van der Waals surface area contributed by atoms with Crippen molar-refractivity contribution in [3.05, 3.63) is 81.2 Å². The number of aryl methyl sites for hydroxylation is 1. The number of H-pyrrole nitrogens is 1. The molecule has 164 valence electrons. The molecule has 4 rings (SSSR count). The Morgan fingerprint density at radius 1 is 1.25 bits per heavy atom. The molecule has 2 N–H and O–H groups in total. The van der Waals surface area contributed by atoms with E-state index in [-0.39, 0.29) is 23.3 Å². The Kier molecular flexibility index (Phi) is 6.62. The third-order valence-corrected chi connectivity index (χ3v) is 6.18. The van der Waals surface area contributed by atoms with E-state index in [0.29, 0.717) is 26.9 Å². The normalized spacial score (nSPS) is 12.1. The van der Waals surface area contributed by atoms with Crippen molar-refractivity contribution >= 4 is 40.3 Å². The first kappa shape index (κ1) is 22.1. The Morgan fingerprint density at radius 3 is 2.75 bits per heavy atom. The molecule has 7 nitrogen and oxygen atoms in total. The third-order valence-electron chi connectivity index (χ3n) is 5.07. The van der Waals surface area contributed by atoms with Crippen molar-refractivity contribution < 1.29 is 4.79 Å². The maximum atomic E-state index is 12.5. The van der Waals surface area contributed by atoms with Crippen molar-refractivity contribution in [1.29, 1.82) is 0 Å². The van der Waals surface area contributed by atoms with E-state index in [2.05, 4.69) is 39.4 Å². The molecule has 32 heavy (non-hydrogen) atoms. The van der Waals surface area contributed by atoms with Crippen LogP contribution < -0.4 is 10.9 Å². The summed E-state index contributed by atoms with van der Waals surface area (Å²) in [7, 11) is 0. The molecule has 0 bridgehead atoms. The molecule has 0 saturated carbocycles. The molecule has 2 heterocycles. The van der Waals surface area contributed by atoms with Crippen molar-refractivity contribution in [3.8, 4) is 5.69 Å². The summed E-state index contributed by atoms with van der Waals surface area (Å²) < 4.78 is 1.56. The first-order valence-electron chi connectivity index (χ1n) is 10.2. The average molecular weight is 468 g/mol. The fourth-order valence-corrected chi connectivity index (χ4v) is 4.16. The number of rotatable bonds is 7. The molecule has 1 unspecified atom stereocenters. The van der Waals surface area contributed by atoms with Crippen LogP contribution in [0.2, 0.25) is 5.02 Å². The number of nitrogens with zero attached hydrogens (tertiary/aromatic N) is 3. The van der Waals surface area contributed by atoms with E-state index in [0.717, 1.165) is 12.0 Å². The number of thioether (sulfide) groups is 1. The van der Waals surface area contributed by atoms with Crippen LogP contribution in [-0.4, -0.2) is 31.4 Å². The number of carbonyl (C=O) groups is 1. The fraction of sp³-hybridized carbons (Fsp3) is 0.217. The zero-order chi connectivity index (χ0) is 22.7. The number of benzene rings is 2. The van der Waals surface area contributed by atoms with Crippen molar-refractivity contribution in [2.45, 2.75) is 31.5 Å². The summed E-state index contributed by atoms with van der Waals surface area (Å²) in [6.07, 6.45) is 2.44. The van der Waals surface area contributed by atoms with Crippen molar-refractivity contribution in [2.75, 3.05) is 5.75 Å². The number of halogens is 1. The van der Waals surface area contributed by atoms with E-state index in [4.69, 9.17) is 11.6 Å². The van der Waals surface area contributed by atoms with Crippen LogP contribution in [0.3, 0.4) is 0 Å². The summed E-state index contributed by atoms with van der Waals surface area (Å²) >= 11 is 7.25. The predicted octanol–water partition coefficient (Wildman–Crippen LogP) is 4.29. The van der Waals surface area contributed by atoms with E-state index in [1.54, 1.807) is 22.9 Å². The molecule has 0 saturated heterocycles. The number of fused-ring (bicyclic) bond motifs is 1. The van der Waals surface area contributed by atoms with Gasteiger partial charge in [0.05, 0.1) is 23.7 Å². The summed E-state index contributed by atoms with van der Waals surface area (Å²) in [5.41, 5.74) is 3.09. The van der Waals surface area contributed by atoms with Crippen molar-refractivity contribution in [2.24, 2.45) is 0 Å². The van der Waals surface area contributed by atoms with Crippen LogP contribution in [0, 0.1) is 0 Å². The Bertz CT molecular complexity index is 1320. The predicted molar refractivity (Wildman–Crippen MR) is 128 cm³/mol. The molecule has 9 heteroatoms. The fourth-order valence-electron chi connectivity index (χ4n) is 3.31. The Hall–Kier alpha value is -3.10. The molecule has 1 atom stereocenters. The largest absolute Gasteiger partial charge is 0.349 e. The lowest BCUT2D eigenvalue weighted by atomic mass is 10.1. The summed E-state index contributed by atoms with van der Waals surface area (Å²) in [5, 5.41) is 8.53. The highest BCUT2D eigenvalue weighted by molar-refractivity contribution is 7.99. The highest BCUT2D eigenvalue weighted by Gasteiger charge is 2.14. The van der Waals surface area contributed by atoms with Gasteiger partial charge in [-0.05, 0) is 42.7 Å². The van der Waals surface area contributed by atoms with E-state index in [1.807, 2.05) is 25.1 Å². The molecule has 0 fully saturated rings. The van der Waals surface area contributed by atoms with Gasteiger partial charge in [-0.1, -0.05) is 60.6 Å². The van der Waals surface area contributed by atoms with Gasteiger partial charge >= 0.3 is 0 Å². The molecular formula is C23H22ClN5O2S. The first-order valence-corrected chi connectivity index (χ1v) is 11.6. The van der Waals surface area contributed by atoms with Crippen LogP contribution >= 0.6 is 23.4 Å². The van der Waals surface area contributed by atoms with E-state index < -0.39 is 0 Å². The first-order chi connectivity index (χ1) is 15.4. The Balaban J connectivity index is 1.47. The molecule has 0 aliphatic rings. The lowest BCUT2D eigenvalue weighted by Gasteiger charge is -2.14. The summed E-state index contributed by atoms with van der Waals surface area (Å²) in [5.74, 6) is -0.0231. The lowest BCUT2D eigenvalue weighted by Crippen LogP contribution is -2.28. The molecule has 4 aromatic rings. The quantitative estimate of drug-likeness (QED) is 0.312. The molecule has 2 aromatic carbocycles. The second kappa shape index (κ2) is 9.58. The lowest BCUT2D eigenvalue weighted by molar-refractivity contribution is -0.119. The van der Waals surface area contributed by atoms with Gasteiger partial charge in [0.25, 0.3) is 5.56 Å². The van der Waals surface area contributed by atoms with Gasteiger partial charge in [-0.25, -0.2) is 9.67 Å². The highest BCUT2D eigenvalue weighted by Crippen LogP contribution is 2.20. The van der Waals surface area contributed by atoms with Crippen LogP contribution in [0.1, 0.15) is 31.0 Å². The van der Waals surface area contributed by atoms with Crippen LogP contribution in [-0.2, 0) is 11.2 Å². The van der Waals surface area contributed by atoms with Gasteiger partial charge in [0, 0.05) is 5.02 Å². The average Bonchev–Trinajstić information content (AvgIpc) is 3.22. The minimum atomic E-state index is -0.310. The number of nitrogens with one attached hydrogen (secondary N) is 2. The van der Waals surface area contributed by atoms with Gasteiger partial charge in [-0.2, -0.15) is 5.10 Å². The maximum absolute atomic E-state index is 12.5. The zero-order valence-electron chi connectivity index (χ0n) is 17.6. The van der Waals surface area contributed by atoms with Crippen molar-refractivity contribution in [1.82, 2.24) is 25.1 Å². The van der Waals surface area contributed by atoms with Crippen LogP contribution in [0.5, 0.6) is 0 Å². The number of carbonyl (C=O) groups excluding carboxylic acids is 1. The van der Waals surface area contributed by atoms with Gasteiger partial charge in [-0.15, -0.1) is 0 Å². The molecule has 0 spiro atoms. The van der Waals surface area contributed by atoms with Crippen molar-refractivity contribution in [3.63, 3.8) is 0 Å². The minimum absolute atomic E-state index is 0.118. The van der Waals surface area contributed by atoms with E-state index in [9.17, 15) is 9.59 Å². The minimum Gasteiger partial charge on any atom is -0.349 e. The zero-order valence-corrected chi connectivity index (χ0v) is 19.2. The van der Waals surface area contributed by atoms with Gasteiger partial charge in [0.15, 0.2) is 10.8 Å². The van der Waals surface area contributed by atoms with Gasteiger partial charge in [0.2, 0.25) is 5.91 Å². The second-order valence-electron chi connectivity index (χ2n) is 7.32. The van der Waals surface area contributed by atoms with Crippen LogP contribution in [0.4, 0.5) is 0 Å². The maximum Gasteiger partial charge on any atom is 0.262 e. The highest BCUT2D eigenvalue weighted by atomic mass is 35.5. The standard InChI is InChI=1S/C23H22ClN5O2S/c1-3-15-7-9-16(10-8-15)14(2)26-20(30)13-32-23-27-21-19(22(31)28-23)12-25-29(21)18-6-4-5-17(24)11-18/h4-12,14H,3,13H2,1-2H3,(H,26,30)(H,27,28,31).